The van der Waals surface area contributed by atoms with E-state index in [1.165, 1.54) is 0 Å². The molecule has 0 aliphatic carbocycles. The molecular formula is C15H11BrN4O3. The van der Waals surface area contributed by atoms with Gasteiger partial charge in [0.25, 0.3) is 5.91 Å². The van der Waals surface area contributed by atoms with E-state index < -0.39 is 0 Å². The van der Waals surface area contributed by atoms with Gasteiger partial charge < -0.3 is 14.8 Å². The molecule has 0 radical (unpaired) electrons. The summed E-state index contributed by atoms with van der Waals surface area (Å²) in [6, 6.07) is 6.89. The molecule has 0 saturated heterocycles. The molecule has 116 valence electrons. The SMILES string of the molecule is O=C(Nc1ccc2c(c1)OCCO2)c1cc2ncc(Br)cn2n1. The van der Waals surface area contributed by atoms with Gasteiger partial charge in [0, 0.05) is 30.2 Å². The molecule has 7 nitrogen and oxygen atoms in total. The van der Waals surface area contributed by atoms with Crippen LogP contribution in [0.5, 0.6) is 11.5 Å². The van der Waals surface area contributed by atoms with Crippen molar-refractivity contribution in [3.63, 3.8) is 0 Å². The number of carbonyl (C=O) groups excluding carboxylic acids is 1. The van der Waals surface area contributed by atoms with Crippen LogP contribution < -0.4 is 14.8 Å². The lowest BCUT2D eigenvalue weighted by molar-refractivity contribution is 0.102. The van der Waals surface area contributed by atoms with Crippen molar-refractivity contribution in [3.05, 3.63) is 46.8 Å². The highest BCUT2D eigenvalue weighted by Crippen LogP contribution is 2.32. The number of ether oxygens (including phenoxy) is 2. The minimum absolute atomic E-state index is 0.283. The van der Waals surface area contributed by atoms with Crippen molar-refractivity contribution in [2.75, 3.05) is 18.5 Å². The first kappa shape index (κ1) is 14.0. The summed E-state index contributed by atoms with van der Waals surface area (Å²) in [5, 5.41) is 7.01. The second kappa shape index (κ2) is 5.54. The number of nitrogens with zero attached hydrogens (tertiary/aromatic N) is 3. The number of hydrogen-bond acceptors (Lipinski definition) is 5. The molecule has 0 fully saturated rings. The smallest absolute Gasteiger partial charge is 0.276 e. The van der Waals surface area contributed by atoms with E-state index in [9.17, 15) is 4.79 Å². The van der Waals surface area contributed by atoms with Gasteiger partial charge in [-0.15, -0.1) is 0 Å². The van der Waals surface area contributed by atoms with E-state index in [4.69, 9.17) is 9.47 Å². The van der Waals surface area contributed by atoms with Gasteiger partial charge in [0.1, 0.15) is 13.2 Å². The van der Waals surface area contributed by atoms with E-state index in [0.717, 1.165) is 4.47 Å². The normalized spacial score (nSPS) is 13.1. The molecule has 1 aliphatic heterocycles. The summed E-state index contributed by atoms with van der Waals surface area (Å²) in [5.41, 5.74) is 1.50. The summed E-state index contributed by atoms with van der Waals surface area (Å²) in [6.07, 6.45) is 3.39. The Kier molecular flexibility index (Phi) is 3.38. The number of anilines is 1. The van der Waals surface area contributed by atoms with Gasteiger partial charge in [-0.25, -0.2) is 9.50 Å². The van der Waals surface area contributed by atoms with E-state index in [1.807, 2.05) is 0 Å². The zero-order valence-electron chi connectivity index (χ0n) is 11.8. The molecule has 2 aromatic heterocycles. The predicted molar refractivity (Wildman–Crippen MR) is 86.1 cm³/mol. The Balaban J connectivity index is 1.59. The van der Waals surface area contributed by atoms with Crippen molar-refractivity contribution < 1.29 is 14.3 Å². The van der Waals surface area contributed by atoms with Crippen molar-refractivity contribution in [2.45, 2.75) is 0 Å². The zero-order chi connectivity index (χ0) is 15.8. The summed E-state index contributed by atoms with van der Waals surface area (Å²) >= 11 is 3.32. The number of benzene rings is 1. The lowest BCUT2D eigenvalue weighted by Crippen LogP contribution is -2.16. The Hall–Kier alpha value is -2.61. The van der Waals surface area contributed by atoms with E-state index >= 15 is 0 Å². The van der Waals surface area contributed by atoms with Gasteiger partial charge in [0.05, 0.1) is 4.47 Å². The van der Waals surface area contributed by atoms with Crippen molar-refractivity contribution in [1.82, 2.24) is 14.6 Å². The van der Waals surface area contributed by atoms with Gasteiger partial charge in [-0.05, 0) is 28.1 Å². The largest absolute Gasteiger partial charge is 0.486 e. The average Bonchev–Trinajstić information content (AvgIpc) is 2.98. The quantitative estimate of drug-likeness (QED) is 0.745. The summed E-state index contributed by atoms with van der Waals surface area (Å²) in [4.78, 5) is 16.5. The number of halogens is 1. The average molecular weight is 375 g/mol. The fourth-order valence-electron chi connectivity index (χ4n) is 2.28. The number of fused-ring (bicyclic) bond motifs is 2. The van der Waals surface area contributed by atoms with Crippen LogP contribution in [0, 0.1) is 0 Å². The van der Waals surface area contributed by atoms with Gasteiger partial charge in [-0.1, -0.05) is 0 Å². The van der Waals surface area contributed by atoms with Gasteiger partial charge in [0.15, 0.2) is 22.8 Å². The molecule has 1 N–H and O–H groups in total. The number of aromatic nitrogens is 3. The molecule has 0 spiro atoms. The fourth-order valence-corrected chi connectivity index (χ4v) is 2.58. The van der Waals surface area contributed by atoms with Crippen LogP contribution in [-0.4, -0.2) is 33.7 Å². The molecule has 8 heteroatoms. The third kappa shape index (κ3) is 2.72. The van der Waals surface area contributed by atoms with Crippen LogP contribution in [0.3, 0.4) is 0 Å². The third-order valence-corrected chi connectivity index (χ3v) is 3.72. The first-order valence-corrected chi connectivity index (χ1v) is 7.70. The molecule has 0 saturated carbocycles. The second-order valence-corrected chi connectivity index (χ2v) is 5.83. The Labute approximate surface area is 139 Å². The summed E-state index contributed by atoms with van der Waals surface area (Å²) in [6.45, 7) is 1.03. The summed E-state index contributed by atoms with van der Waals surface area (Å²) in [5.74, 6) is 0.981. The van der Waals surface area contributed by atoms with Crippen LogP contribution in [0.25, 0.3) is 5.65 Å². The molecule has 1 aromatic carbocycles. The maximum atomic E-state index is 12.3. The summed E-state index contributed by atoms with van der Waals surface area (Å²) < 4.78 is 13.3. The van der Waals surface area contributed by atoms with Crippen molar-refractivity contribution in [1.29, 1.82) is 0 Å². The molecule has 0 atom stereocenters. The third-order valence-electron chi connectivity index (χ3n) is 3.31. The Morgan fingerprint density at radius 1 is 1.22 bits per heavy atom. The molecule has 0 unspecified atom stereocenters. The second-order valence-electron chi connectivity index (χ2n) is 4.92. The van der Waals surface area contributed by atoms with Gasteiger partial charge in [-0.2, -0.15) is 5.10 Å². The standard InChI is InChI=1S/C15H11BrN4O3/c16-9-7-17-14-6-11(19-20(14)8-9)15(21)18-10-1-2-12-13(5-10)23-4-3-22-12/h1-2,5-8H,3-4H2,(H,18,21). The Morgan fingerprint density at radius 3 is 2.91 bits per heavy atom. The van der Waals surface area contributed by atoms with Crippen LogP contribution in [0.1, 0.15) is 10.5 Å². The highest BCUT2D eigenvalue weighted by Gasteiger charge is 2.15. The van der Waals surface area contributed by atoms with Crippen molar-refractivity contribution in [3.8, 4) is 11.5 Å². The first-order chi connectivity index (χ1) is 11.2. The molecular weight excluding hydrogens is 364 g/mol. The molecule has 4 rings (SSSR count). The van der Waals surface area contributed by atoms with Crippen LogP contribution in [0.15, 0.2) is 41.1 Å². The van der Waals surface area contributed by atoms with Crippen molar-refractivity contribution in [2.24, 2.45) is 0 Å². The lowest BCUT2D eigenvalue weighted by atomic mass is 10.2. The maximum Gasteiger partial charge on any atom is 0.276 e. The number of hydrogen-bond donors (Lipinski definition) is 1. The van der Waals surface area contributed by atoms with Crippen molar-refractivity contribution >= 4 is 33.2 Å². The number of rotatable bonds is 2. The molecule has 23 heavy (non-hydrogen) atoms. The van der Waals surface area contributed by atoms with Crippen LogP contribution in [0.2, 0.25) is 0 Å². The predicted octanol–water partition coefficient (Wildman–Crippen LogP) is 2.52. The molecule has 0 bridgehead atoms. The van der Waals surface area contributed by atoms with Crippen LogP contribution in [-0.2, 0) is 0 Å². The summed E-state index contributed by atoms with van der Waals surface area (Å²) in [7, 11) is 0. The van der Waals surface area contributed by atoms with Crippen LogP contribution in [0.4, 0.5) is 5.69 Å². The van der Waals surface area contributed by atoms with Crippen LogP contribution >= 0.6 is 15.9 Å². The fraction of sp³-hybridized carbons (Fsp3) is 0.133. The zero-order valence-corrected chi connectivity index (χ0v) is 13.4. The molecule has 3 aromatic rings. The highest BCUT2D eigenvalue weighted by atomic mass is 79.9. The maximum absolute atomic E-state index is 12.3. The van der Waals surface area contributed by atoms with E-state index in [1.54, 1.807) is 41.2 Å². The monoisotopic (exact) mass is 374 g/mol. The van der Waals surface area contributed by atoms with Gasteiger partial charge in [-0.3, -0.25) is 4.79 Å². The first-order valence-electron chi connectivity index (χ1n) is 6.91. The molecule has 3 heterocycles. The highest BCUT2D eigenvalue weighted by molar-refractivity contribution is 9.10. The Bertz CT molecular complexity index is 909. The Morgan fingerprint density at radius 2 is 2.04 bits per heavy atom. The number of carbonyl (C=O) groups is 1. The molecule has 1 amide bonds. The van der Waals surface area contributed by atoms with E-state index in [-0.39, 0.29) is 11.6 Å². The number of nitrogens with one attached hydrogen (secondary N) is 1. The lowest BCUT2D eigenvalue weighted by Gasteiger charge is -2.18. The van der Waals surface area contributed by atoms with Gasteiger partial charge in [0.2, 0.25) is 0 Å². The molecule has 1 aliphatic rings. The minimum Gasteiger partial charge on any atom is -0.486 e. The van der Waals surface area contributed by atoms with E-state index in [2.05, 4.69) is 31.3 Å². The van der Waals surface area contributed by atoms with Gasteiger partial charge >= 0.3 is 0 Å². The number of amides is 1. The van der Waals surface area contributed by atoms with E-state index in [0.29, 0.717) is 36.0 Å². The minimum atomic E-state index is -0.316. The topological polar surface area (TPSA) is 77.8 Å².